The van der Waals surface area contributed by atoms with Gasteiger partial charge in [0, 0.05) is 32.6 Å². The van der Waals surface area contributed by atoms with Crippen LogP contribution in [-0.4, -0.2) is 48.5 Å². The van der Waals surface area contributed by atoms with Gasteiger partial charge >= 0.3 is 0 Å². The van der Waals surface area contributed by atoms with Crippen LogP contribution in [0, 0.1) is 6.92 Å². The molecule has 2 N–H and O–H groups in total. The van der Waals surface area contributed by atoms with Gasteiger partial charge < -0.3 is 20.0 Å². The second-order valence-electron chi connectivity index (χ2n) is 5.73. The zero-order valence-corrected chi connectivity index (χ0v) is 15.4. The summed E-state index contributed by atoms with van der Waals surface area (Å²) in [6, 6.07) is 6.64. The first-order chi connectivity index (χ1) is 10.7. The van der Waals surface area contributed by atoms with E-state index in [1.807, 2.05) is 30.0 Å². The fourth-order valence-electron chi connectivity index (χ4n) is 2.72. The van der Waals surface area contributed by atoms with E-state index < -0.39 is 0 Å². The van der Waals surface area contributed by atoms with Gasteiger partial charge in [-0.05, 0) is 37.6 Å². The van der Waals surface area contributed by atoms with Gasteiger partial charge in [0.05, 0.1) is 0 Å². The summed E-state index contributed by atoms with van der Waals surface area (Å²) in [4.78, 5) is 20.5. The van der Waals surface area contributed by atoms with Crippen molar-refractivity contribution < 1.29 is 9.21 Å². The molecule has 0 radical (unpaired) electrons. The van der Waals surface area contributed by atoms with E-state index in [0.717, 1.165) is 30.6 Å². The van der Waals surface area contributed by atoms with Crippen LogP contribution in [0.3, 0.4) is 0 Å². The number of anilines is 1. The summed E-state index contributed by atoms with van der Waals surface area (Å²) in [5, 5.41) is 0. The Bertz CT molecular complexity index is 669. The summed E-state index contributed by atoms with van der Waals surface area (Å²) in [5.41, 5.74) is 8.31. The molecule has 1 saturated heterocycles. The number of amides is 1. The zero-order valence-electron chi connectivity index (χ0n) is 13.7. The standard InChI is InChI=1S/C16H22N4O2.2ClH/c1-12-4-5-14-13(11-12)18-16(22-14)20-9-7-19(8-10-20)15(21)3-2-6-17;;/h4-5,11H,2-3,6-10,17H2,1H3;2*1H. The molecule has 2 heterocycles. The molecule has 3 rings (SSSR count). The number of fused-ring (bicyclic) bond motifs is 1. The van der Waals surface area contributed by atoms with Crippen molar-refractivity contribution >= 4 is 47.8 Å². The first kappa shape index (κ1) is 20.5. The quantitative estimate of drug-likeness (QED) is 0.888. The van der Waals surface area contributed by atoms with Crippen LogP contribution in [0.25, 0.3) is 11.1 Å². The number of oxazole rings is 1. The van der Waals surface area contributed by atoms with Crippen LogP contribution >= 0.6 is 24.8 Å². The van der Waals surface area contributed by atoms with Crippen molar-refractivity contribution in [2.24, 2.45) is 5.73 Å². The second kappa shape index (κ2) is 9.11. The number of piperazine rings is 1. The molecule has 1 aromatic heterocycles. The van der Waals surface area contributed by atoms with Crippen molar-refractivity contribution in [3.05, 3.63) is 23.8 Å². The molecular formula is C16H24Cl2N4O2. The molecule has 1 aromatic carbocycles. The molecule has 0 aliphatic carbocycles. The van der Waals surface area contributed by atoms with E-state index in [9.17, 15) is 4.79 Å². The van der Waals surface area contributed by atoms with E-state index >= 15 is 0 Å². The predicted molar refractivity (Wildman–Crippen MR) is 100 cm³/mol. The van der Waals surface area contributed by atoms with Gasteiger partial charge in [-0.15, -0.1) is 24.8 Å². The van der Waals surface area contributed by atoms with Gasteiger partial charge in [-0.25, -0.2) is 0 Å². The average Bonchev–Trinajstić information content (AvgIpc) is 2.95. The van der Waals surface area contributed by atoms with Crippen LogP contribution in [0.1, 0.15) is 18.4 Å². The minimum Gasteiger partial charge on any atom is -0.423 e. The monoisotopic (exact) mass is 374 g/mol. The van der Waals surface area contributed by atoms with Crippen LogP contribution in [0.2, 0.25) is 0 Å². The maximum absolute atomic E-state index is 12.0. The van der Waals surface area contributed by atoms with Crippen molar-refractivity contribution in [3.8, 4) is 0 Å². The third-order valence-electron chi connectivity index (χ3n) is 4.03. The van der Waals surface area contributed by atoms with Crippen LogP contribution < -0.4 is 10.6 Å². The Morgan fingerprint density at radius 1 is 1.25 bits per heavy atom. The Labute approximate surface area is 154 Å². The molecule has 24 heavy (non-hydrogen) atoms. The average molecular weight is 375 g/mol. The van der Waals surface area contributed by atoms with Crippen LogP contribution in [0.15, 0.2) is 22.6 Å². The van der Waals surface area contributed by atoms with Crippen molar-refractivity contribution in [1.82, 2.24) is 9.88 Å². The van der Waals surface area contributed by atoms with E-state index in [0.29, 0.717) is 32.1 Å². The number of aryl methyl sites for hydroxylation is 1. The lowest BCUT2D eigenvalue weighted by Crippen LogP contribution is -2.48. The maximum atomic E-state index is 12.0. The Morgan fingerprint density at radius 2 is 1.96 bits per heavy atom. The summed E-state index contributed by atoms with van der Waals surface area (Å²) >= 11 is 0. The minimum absolute atomic E-state index is 0. The van der Waals surface area contributed by atoms with Gasteiger partial charge in [-0.3, -0.25) is 4.79 Å². The molecule has 0 saturated carbocycles. The van der Waals surface area contributed by atoms with Crippen LogP contribution in [0.4, 0.5) is 6.01 Å². The predicted octanol–water partition coefficient (Wildman–Crippen LogP) is 2.37. The Morgan fingerprint density at radius 3 is 2.62 bits per heavy atom. The van der Waals surface area contributed by atoms with Gasteiger partial charge in [0.1, 0.15) is 5.52 Å². The summed E-state index contributed by atoms with van der Waals surface area (Å²) in [5.74, 6) is 0.193. The van der Waals surface area contributed by atoms with Crippen molar-refractivity contribution in [2.75, 3.05) is 37.6 Å². The minimum atomic E-state index is 0. The molecule has 0 unspecified atom stereocenters. The number of benzene rings is 1. The number of halogens is 2. The fourth-order valence-corrected chi connectivity index (χ4v) is 2.72. The molecule has 0 atom stereocenters. The van der Waals surface area contributed by atoms with Gasteiger partial charge in [-0.1, -0.05) is 6.07 Å². The molecule has 0 bridgehead atoms. The molecule has 1 fully saturated rings. The number of nitrogens with zero attached hydrogens (tertiary/aromatic N) is 3. The molecule has 1 aliphatic rings. The van der Waals surface area contributed by atoms with Gasteiger partial charge in [0.15, 0.2) is 5.58 Å². The summed E-state index contributed by atoms with van der Waals surface area (Å²) in [6.07, 6.45) is 1.29. The van der Waals surface area contributed by atoms with Crippen LogP contribution in [0.5, 0.6) is 0 Å². The first-order valence-electron chi connectivity index (χ1n) is 7.77. The largest absolute Gasteiger partial charge is 0.423 e. The highest BCUT2D eigenvalue weighted by atomic mass is 35.5. The normalized spacial score (nSPS) is 14.2. The first-order valence-corrected chi connectivity index (χ1v) is 7.77. The fraction of sp³-hybridized carbons (Fsp3) is 0.500. The summed E-state index contributed by atoms with van der Waals surface area (Å²) < 4.78 is 5.82. The third kappa shape index (κ3) is 4.53. The van der Waals surface area contributed by atoms with Gasteiger partial charge in [0.25, 0.3) is 6.01 Å². The number of hydrogen-bond donors (Lipinski definition) is 1. The molecule has 1 aliphatic heterocycles. The van der Waals surface area contributed by atoms with Crippen molar-refractivity contribution in [3.63, 3.8) is 0 Å². The number of carbonyl (C=O) groups excluding carboxylic acids is 1. The molecular weight excluding hydrogens is 351 g/mol. The smallest absolute Gasteiger partial charge is 0.298 e. The summed E-state index contributed by atoms with van der Waals surface area (Å²) in [7, 11) is 0. The van der Waals surface area contributed by atoms with Crippen molar-refractivity contribution in [2.45, 2.75) is 19.8 Å². The summed E-state index contributed by atoms with van der Waals surface area (Å²) in [6.45, 7) is 5.52. The molecule has 6 nitrogen and oxygen atoms in total. The van der Waals surface area contributed by atoms with E-state index in [4.69, 9.17) is 10.2 Å². The number of hydrogen-bond acceptors (Lipinski definition) is 5. The zero-order chi connectivity index (χ0) is 15.5. The Balaban J connectivity index is 0.00000144. The van der Waals surface area contributed by atoms with E-state index in [-0.39, 0.29) is 30.7 Å². The lowest BCUT2D eigenvalue weighted by molar-refractivity contribution is -0.131. The molecule has 1 amide bonds. The lowest BCUT2D eigenvalue weighted by Gasteiger charge is -2.33. The third-order valence-corrected chi connectivity index (χ3v) is 4.03. The van der Waals surface area contributed by atoms with Crippen LogP contribution in [-0.2, 0) is 4.79 Å². The number of carbonyl (C=O) groups is 1. The van der Waals surface area contributed by atoms with Crippen molar-refractivity contribution in [1.29, 1.82) is 0 Å². The van der Waals surface area contributed by atoms with E-state index in [1.165, 1.54) is 5.56 Å². The highest BCUT2D eigenvalue weighted by Gasteiger charge is 2.23. The molecule has 8 heteroatoms. The van der Waals surface area contributed by atoms with E-state index in [1.54, 1.807) is 0 Å². The topological polar surface area (TPSA) is 75.6 Å². The SMILES string of the molecule is Cc1ccc2oc(N3CCN(C(=O)CCCN)CC3)nc2c1.Cl.Cl. The highest BCUT2D eigenvalue weighted by Crippen LogP contribution is 2.23. The molecule has 0 spiro atoms. The van der Waals surface area contributed by atoms with E-state index in [2.05, 4.69) is 9.88 Å². The van der Waals surface area contributed by atoms with Gasteiger partial charge in [0.2, 0.25) is 5.91 Å². The Hall–Kier alpha value is -1.50. The molecule has 134 valence electrons. The number of rotatable bonds is 4. The second-order valence-corrected chi connectivity index (χ2v) is 5.73. The van der Waals surface area contributed by atoms with Gasteiger partial charge in [-0.2, -0.15) is 4.98 Å². The maximum Gasteiger partial charge on any atom is 0.298 e. The number of nitrogens with two attached hydrogens (primary N) is 1. The Kier molecular flexibility index (Phi) is 7.79. The highest BCUT2D eigenvalue weighted by molar-refractivity contribution is 5.85. The molecule has 2 aromatic rings. The number of aromatic nitrogens is 1. The lowest BCUT2D eigenvalue weighted by atomic mass is 10.2.